The van der Waals surface area contributed by atoms with E-state index >= 15 is 0 Å². The molecule has 7 nitrogen and oxygen atoms in total. The Hall–Kier alpha value is -3.95. The molecule has 3 N–H and O–H groups in total. The number of nitrogens with zero attached hydrogens (tertiary/aromatic N) is 4. The number of nitrogen functional groups attached to an aromatic ring is 1. The maximum Gasteiger partial charge on any atom is 0.433 e. The number of nitrogens with two attached hydrogens (primary N) is 1. The van der Waals surface area contributed by atoms with Crippen LogP contribution in [0.15, 0.2) is 55.0 Å². The Morgan fingerprint density at radius 3 is 2.60 bits per heavy atom. The molecular weight excluding hydrogens is 397 g/mol. The molecule has 30 heavy (non-hydrogen) atoms. The molecule has 0 bridgehead atoms. The van der Waals surface area contributed by atoms with Gasteiger partial charge in [0.05, 0.1) is 23.0 Å². The van der Waals surface area contributed by atoms with Gasteiger partial charge in [-0.15, -0.1) is 0 Å². The van der Waals surface area contributed by atoms with Crippen LogP contribution in [0.25, 0.3) is 27.8 Å². The number of hydrogen-bond acceptors (Lipinski definition) is 5. The smallest absolute Gasteiger partial charge is 0.397 e. The number of nitrogens with one attached hydrogen (secondary N) is 1. The molecule has 0 spiro atoms. The van der Waals surface area contributed by atoms with Gasteiger partial charge in [-0.05, 0) is 35.9 Å². The van der Waals surface area contributed by atoms with E-state index in [0.717, 1.165) is 6.07 Å². The lowest BCUT2D eigenvalue weighted by molar-refractivity contribution is -0.141. The van der Waals surface area contributed by atoms with E-state index in [-0.39, 0.29) is 11.7 Å². The van der Waals surface area contributed by atoms with Gasteiger partial charge in [-0.2, -0.15) is 18.3 Å². The van der Waals surface area contributed by atoms with E-state index in [4.69, 9.17) is 5.73 Å². The first-order valence-electron chi connectivity index (χ1n) is 8.77. The van der Waals surface area contributed by atoms with E-state index in [1.807, 2.05) is 0 Å². The van der Waals surface area contributed by atoms with Crippen molar-refractivity contribution in [2.45, 2.75) is 6.18 Å². The maximum absolute atomic E-state index is 13.1. The molecule has 0 aliphatic heterocycles. The van der Waals surface area contributed by atoms with E-state index in [1.54, 1.807) is 24.4 Å². The summed E-state index contributed by atoms with van der Waals surface area (Å²) in [6.07, 6.45) is -0.110. The molecule has 0 aliphatic carbocycles. The summed E-state index contributed by atoms with van der Waals surface area (Å²) in [5.41, 5.74) is 7.19. The number of benzene rings is 1. The predicted molar refractivity (Wildman–Crippen MR) is 105 cm³/mol. The first kappa shape index (κ1) is 19.4. The highest BCUT2D eigenvalue weighted by atomic mass is 19.4. The van der Waals surface area contributed by atoms with E-state index in [1.165, 1.54) is 36.3 Å². The third-order valence-corrected chi connectivity index (χ3v) is 4.49. The number of amides is 1. The van der Waals surface area contributed by atoms with Gasteiger partial charge >= 0.3 is 6.18 Å². The number of pyridine rings is 2. The van der Waals surface area contributed by atoms with E-state index in [0.29, 0.717) is 33.3 Å². The fraction of sp³-hybridized carbons (Fsp3) is 0.100. The first-order chi connectivity index (χ1) is 14.3. The van der Waals surface area contributed by atoms with Crippen molar-refractivity contribution < 1.29 is 18.0 Å². The molecule has 0 saturated heterocycles. The standard InChI is InChI=1S/C20H15F3N6O/c1-25-19(30)14-6-11(12-5-13(24)9-26-8-12)7-16-15(14)10-27-29(16)18-4-2-3-17(28-18)20(21,22)23/h2-10H,24H2,1H3,(H,25,30). The van der Waals surface area contributed by atoms with Crippen LogP contribution in [0, 0.1) is 0 Å². The quantitative estimate of drug-likeness (QED) is 0.537. The van der Waals surface area contributed by atoms with Gasteiger partial charge in [0.1, 0.15) is 5.69 Å². The van der Waals surface area contributed by atoms with Crippen LogP contribution in [0.2, 0.25) is 0 Å². The summed E-state index contributed by atoms with van der Waals surface area (Å²) in [7, 11) is 1.49. The van der Waals surface area contributed by atoms with Crippen LogP contribution in [0.4, 0.5) is 18.9 Å². The Kier molecular flexibility index (Phi) is 4.61. The monoisotopic (exact) mass is 412 g/mol. The summed E-state index contributed by atoms with van der Waals surface area (Å²) in [6, 6.07) is 8.59. The normalized spacial score (nSPS) is 11.6. The summed E-state index contributed by atoms with van der Waals surface area (Å²) in [6.45, 7) is 0. The molecule has 0 radical (unpaired) electrons. The minimum absolute atomic E-state index is 0.0227. The number of alkyl halides is 3. The second-order valence-electron chi connectivity index (χ2n) is 6.48. The number of halogens is 3. The average Bonchev–Trinajstić information content (AvgIpc) is 3.16. The third kappa shape index (κ3) is 3.43. The number of rotatable bonds is 3. The van der Waals surface area contributed by atoms with Crippen molar-refractivity contribution in [1.29, 1.82) is 0 Å². The van der Waals surface area contributed by atoms with Crippen LogP contribution in [0.3, 0.4) is 0 Å². The highest BCUT2D eigenvalue weighted by Gasteiger charge is 2.32. The summed E-state index contributed by atoms with van der Waals surface area (Å²) in [4.78, 5) is 20.2. The zero-order valence-electron chi connectivity index (χ0n) is 15.6. The molecule has 3 heterocycles. The number of carbonyl (C=O) groups excluding carboxylic acids is 1. The van der Waals surface area contributed by atoms with Crippen LogP contribution in [-0.2, 0) is 6.18 Å². The van der Waals surface area contributed by atoms with Crippen molar-refractivity contribution in [3.05, 3.63) is 66.2 Å². The zero-order chi connectivity index (χ0) is 21.5. The van der Waals surface area contributed by atoms with Crippen molar-refractivity contribution in [3.8, 4) is 16.9 Å². The van der Waals surface area contributed by atoms with Crippen LogP contribution in [0.5, 0.6) is 0 Å². The van der Waals surface area contributed by atoms with Gasteiger partial charge < -0.3 is 11.1 Å². The number of aromatic nitrogens is 4. The van der Waals surface area contributed by atoms with Crippen molar-refractivity contribution in [2.24, 2.45) is 0 Å². The van der Waals surface area contributed by atoms with Crippen molar-refractivity contribution in [2.75, 3.05) is 12.8 Å². The second kappa shape index (κ2) is 7.14. The number of hydrogen-bond donors (Lipinski definition) is 2. The molecule has 152 valence electrons. The van der Waals surface area contributed by atoms with Crippen LogP contribution < -0.4 is 11.1 Å². The molecule has 4 aromatic rings. The lowest BCUT2D eigenvalue weighted by atomic mass is 10.0. The molecule has 1 aromatic carbocycles. The highest BCUT2D eigenvalue weighted by Crippen LogP contribution is 2.31. The SMILES string of the molecule is CNC(=O)c1cc(-c2cncc(N)c2)cc2c1cnn2-c1cccc(C(F)(F)F)n1. The van der Waals surface area contributed by atoms with Gasteiger partial charge in [-0.25, -0.2) is 9.67 Å². The largest absolute Gasteiger partial charge is 0.433 e. The first-order valence-corrected chi connectivity index (χ1v) is 8.77. The number of carbonyl (C=O) groups is 1. The predicted octanol–water partition coefficient (Wildman–Crippen LogP) is 3.44. The molecule has 1 amide bonds. The molecule has 0 unspecified atom stereocenters. The van der Waals surface area contributed by atoms with Gasteiger partial charge in [0, 0.05) is 30.4 Å². The van der Waals surface area contributed by atoms with Crippen LogP contribution in [-0.4, -0.2) is 32.7 Å². The Morgan fingerprint density at radius 2 is 1.90 bits per heavy atom. The summed E-state index contributed by atoms with van der Waals surface area (Å²) in [5, 5.41) is 7.21. The molecule has 0 saturated carbocycles. The fourth-order valence-electron chi connectivity index (χ4n) is 3.11. The van der Waals surface area contributed by atoms with E-state index in [2.05, 4.69) is 20.4 Å². The lowest BCUT2D eigenvalue weighted by Crippen LogP contribution is -2.18. The Morgan fingerprint density at radius 1 is 1.10 bits per heavy atom. The molecule has 3 aromatic heterocycles. The molecule has 4 rings (SSSR count). The minimum Gasteiger partial charge on any atom is -0.397 e. The van der Waals surface area contributed by atoms with Crippen molar-refractivity contribution in [1.82, 2.24) is 25.1 Å². The van der Waals surface area contributed by atoms with Gasteiger partial charge in [-0.1, -0.05) is 6.07 Å². The second-order valence-corrected chi connectivity index (χ2v) is 6.48. The Bertz CT molecular complexity index is 1270. The summed E-state index contributed by atoms with van der Waals surface area (Å²) >= 11 is 0. The zero-order valence-corrected chi connectivity index (χ0v) is 15.6. The number of fused-ring (bicyclic) bond motifs is 1. The van der Waals surface area contributed by atoms with E-state index in [9.17, 15) is 18.0 Å². The summed E-state index contributed by atoms with van der Waals surface area (Å²) in [5.74, 6) is -0.388. The van der Waals surface area contributed by atoms with Crippen molar-refractivity contribution >= 4 is 22.5 Å². The third-order valence-electron chi connectivity index (χ3n) is 4.49. The maximum atomic E-state index is 13.1. The van der Waals surface area contributed by atoms with Gasteiger partial charge in [-0.3, -0.25) is 9.78 Å². The average molecular weight is 412 g/mol. The van der Waals surface area contributed by atoms with Crippen LogP contribution in [0.1, 0.15) is 16.1 Å². The molecular formula is C20H15F3N6O. The summed E-state index contributed by atoms with van der Waals surface area (Å²) < 4.78 is 40.6. The Balaban J connectivity index is 1.97. The lowest BCUT2D eigenvalue weighted by Gasteiger charge is -2.11. The van der Waals surface area contributed by atoms with Gasteiger partial charge in [0.2, 0.25) is 0 Å². The van der Waals surface area contributed by atoms with Gasteiger partial charge in [0.25, 0.3) is 5.91 Å². The van der Waals surface area contributed by atoms with Gasteiger partial charge in [0.15, 0.2) is 5.82 Å². The molecule has 0 aliphatic rings. The molecule has 0 fully saturated rings. The van der Waals surface area contributed by atoms with E-state index < -0.39 is 11.9 Å². The fourth-order valence-corrected chi connectivity index (χ4v) is 3.11. The Labute approximate surface area is 168 Å². The topological polar surface area (TPSA) is 98.7 Å². The minimum atomic E-state index is -4.59. The van der Waals surface area contributed by atoms with Crippen molar-refractivity contribution in [3.63, 3.8) is 0 Å². The van der Waals surface area contributed by atoms with Crippen LogP contribution >= 0.6 is 0 Å². The molecule has 10 heteroatoms. The molecule has 0 atom stereocenters. The highest BCUT2D eigenvalue weighted by molar-refractivity contribution is 6.08. The number of anilines is 1.